The number of rotatable bonds is 7. The fraction of sp³-hybridized carbons (Fsp3) is 0.350. The van der Waals surface area contributed by atoms with Gasteiger partial charge in [-0.05, 0) is 55.2 Å². The second-order valence-corrected chi connectivity index (χ2v) is 6.49. The van der Waals surface area contributed by atoms with E-state index in [1.165, 1.54) is 12.1 Å². The number of anilines is 1. The molecule has 1 amide bonds. The first-order chi connectivity index (χ1) is 12.0. The van der Waals surface area contributed by atoms with Gasteiger partial charge in [0.1, 0.15) is 11.6 Å². The Hall–Kier alpha value is -2.40. The zero-order chi connectivity index (χ0) is 17.8. The van der Waals surface area contributed by atoms with Crippen LogP contribution in [0, 0.1) is 12.7 Å². The minimum atomic E-state index is -0.349. The predicted octanol–water partition coefficient (Wildman–Crippen LogP) is 3.75. The molecule has 1 aliphatic rings. The molecular formula is C20H23FN2O2. The molecule has 2 aromatic rings. The summed E-state index contributed by atoms with van der Waals surface area (Å²) in [5.74, 6) is 0.355. The quantitative estimate of drug-likeness (QED) is 0.833. The molecule has 132 valence electrons. The molecule has 2 aromatic carbocycles. The first-order valence-electron chi connectivity index (χ1n) is 8.48. The van der Waals surface area contributed by atoms with Crippen molar-refractivity contribution in [1.29, 1.82) is 0 Å². The third-order valence-corrected chi connectivity index (χ3v) is 4.43. The molecule has 0 bridgehead atoms. The van der Waals surface area contributed by atoms with Crippen molar-refractivity contribution in [1.82, 2.24) is 4.90 Å². The lowest BCUT2D eigenvalue weighted by molar-refractivity contribution is -0.117. The number of amides is 1. The lowest BCUT2D eigenvalue weighted by Gasteiger charge is -2.22. The van der Waals surface area contributed by atoms with Gasteiger partial charge in [-0.2, -0.15) is 0 Å². The predicted molar refractivity (Wildman–Crippen MR) is 96.2 cm³/mol. The smallest absolute Gasteiger partial charge is 0.238 e. The Bertz CT molecular complexity index is 742. The number of aryl methyl sites for hydroxylation is 1. The molecule has 0 aliphatic heterocycles. The van der Waals surface area contributed by atoms with E-state index in [4.69, 9.17) is 4.74 Å². The van der Waals surface area contributed by atoms with Gasteiger partial charge in [-0.25, -0.2) is 4.39 Å². The van der Waals surface area contributed by atoms with Gasteiger partial charge in [0.25, 0.3) is 0 Å². The molecule has 0 spiro atoms. The van der Waals surface area contributed by atoms with Crippen LogP contribution in [0.15, 0.2) is 42.5 Å². The van der Waals surface area contributed by atoms with Crippen LogP contribution in [0.1, 0.15) is 24.0 Å². The average molecular weight is 342 g/mol. The van der Waals surface area contributed by atoms with Crippen LogP contribution in [0.4, 0.5) is 10.1 Å². The maximum atomic E-state index is 13.4. The molecule has 0 radical (unpaired) electrons. The van der Waals surface area contributed by atoms with Gasteiger partial charge in [0.05, 0.1) is 13.7 Å². The van der Waals surface area contributed by atoms with Crippen LogP contribution in [0.5, 0.6) is 5.75 Å². The summed E-state index contributed by atoms with van der Waals surface area (Å²) in [6.07, 6.45) is 2.23. The number of ether oxygens (including phenoxy) is 1. The maximum absolute atomic E-state index is 13.4. The number of benzene rings is 2. The number of carbonyl (C=O) groups is 1. The molecule has 25 heavy (non-hydrogen) atoms. The highest BCUT2D eigenvalue weighted by atomic mass is 19.1. The van der Waals surface area contributed by atoms with Crippen LogP contribution in [-0.4, -0.2) is 30.5 Å². The summed E-state index contributed by atoms with van der Waals surface area (Å²) >= 11 is 0. The molecule has 1 aliphatic carbocycles. The molecule has 4 nitrogen and oxygen atoms in total. The van der Waals surface area contributed by atoms with Gasteiger partial charge >= 0.3 is 0 Å². The van der Waals surface area contributed by atoms with E-state index >= 15 is 0 Å². The Balaban J connectivity index is 1.63. The fourth-order valence-corrected chi connectivity index (χ4v) is 2.82. The Morgan fingerprint density at radius 1 is 1.24 bits per heavy atom. The molecular weight excluding hydrogens is 319 g/mol. The van der Waals surface area contributed by atoms with Crippen LogP contribution in [0.3, 0.4) is 0 Å². The summed E-state index contributed by atoms with van der Waals surface area (Å²) in [7, 11) is 1.64. The molecule has 0 heterocycles. The van der Waals surface area contributed by atoms with E-state index in [9.17, 15) is 9.18 Å². The van der Waals surface area contributed by atoms with Crippen molar-refractivity contribution in [3.05, 3.63) is 59.4 Å². The highest BCUT2D eigenvalue weighted by Crippen LogP contribution is 2.28. The van der Waals surface area contributed by atoms with Crippen LogP contribution in [-0.2, 0) is 11.3 Å². The van der Waals surface area contributed by atoms with Gasteiger partial charge in [-0.15, -0.1) is 0 Å². The Morgan fingerprint density at radius 2 is 1.96 bits per heavy atom. The third-order valence-electron chi connectivity index (χ3n) is 4.43. The number of nitrogens with zero attached hydrogens (tertiary/aromatic N) is 1. The molecule has 1 fully saturated rings. The number of hydrogen-bond acceptors (Lipinski definition) is 3. The molecule has 1 N–H and O–H groups in total. The van der Waals surface area contributed by atoms with Gasteiger partial charge in [0.2, 0.25) is 5.91 Å². The molecule has 0 unspecified atom stereocenters. The summed E-state index contributed by atoms with van der Waals surface area (Å²) in [6.45, 7) is 2.86. The standard InChI is InChI=1S/C20H23FN2O2/c1-14-3-6-16(21)11-19(14)22-20(24)13-23(17-7-8-17)12-15-4-9-18(25-2)10-5-15/h3-6,9-11,17H,7-8,12-13H2,1-2H3,(H,22,24). The maximum Gasteiger partial charge on any atom is 0.238 e. The average Bonchev–Trinajstić information content (AvgIpc) is 3.43. The molecule has 0 atom stereocenters. The zero-order valence-electron chi connectivity index (χ0n) is 14.6. The summed E-state index contributed by atoms with van der Waals surface area (Å²) in [5, 5.41) is 2.83. The van der Waals surface area contributed by atoms with E-state index in [2.05, 4.69) is 10.2 Å². The number of carbonyl (C=O) groups excluding carboxylic acids is 1. The monoisotopic (exact) mass is 342 g/mol. The van der Waals surface area contributed by atoms with Crippen molar-refractivity contribution < 1.29 is 13.9 Å². The number of halogens is 1. The topological polar surface area (TPSA) is 41.6 Å². The van der Waals surface area contributed by atoms with Gasteiger partial charge in [0.15, 0.2) is 0 Å². The van der Waals surface area contributed by atoms with Gasteiger partial charge < -0.3 is 10.1 Å². The molecule has 3 rings (SSSR count). The third kappa shape index (κ3) is 4.79. The SMILES string of the molecule is COc1ccc(CN(CC(=O)Nc2cc(F)ccc2C)C2CC2)cc1. The minimum absolute atomic E-state index is 0.117. The lowest BCUT2D eigenvalue weighted by atomic mass is 10.2. The van der Waals surface area contributed by atoms with Crippen LogP contribution in [0.25, 0.3) is 0 Å². The summed E-state index contributed by atoms with van der Waals surface area (Å²) in [4.78, 5) is 14.6. The van der Waals surface area contributed by atoms with Crippen molar-refractivity contribution in [2.24, 2.45) is 0 Å². The largest absolute Gasteiger partial charge is 0.497 e. The molecule has 0 saturated heterocycles. The Morgan fingerprint density at radius 3 is 2.60 bits per heavy atom. The van der Waals surface area contributed by atoms with Crippen molar-refractivity contribution in [2.45, 2.75) is 32.4 Å². The molecule has 5 heteroatoms. The molecule has 0 aromatic heterocycles. The van der Waals surface area contributed by atoms with Gasteiger partial charge in [-0.3, -0.25) is 9.69 Å². The van der Waals surface area contributed by atoms with E-state index in [1.807, 2.05) is 31.2 Å². The van der Waals surface area contributed by atoms with Crippen molar-refractivity contribution in [3.8, 4) is 5.75 Å². The van der Waals surface area contributed by atoms with Crippen LogP contribution in [0.2, 0.25) is 0 Å². The van der Waals surface area contributed by atoms with Gasteiger partial charge in [-0.1, -0.05) is 18.2 Å². The number of nitrogens with one attached hydrogen (secondary N) is 1. The van der Waals surface area contributed by atoms with E-state index in [0.29, 0.717) is 24.8 Å². The summed E-state index contributed by atoms with van der Waals surface area (Å²) in [5.41, 5.74) is 2.52. The van der Waals surface area contributed by atoms with E-state index in [0.717, 1.165) is 29.7 Å². The summed E-state index contributed by atoms with van der Waals surface area (Å²) in [6, 6.07) is 12.8. The molecule has 1 saturated carbocycles. The van der Waals surface area contributed by atoms with Crippen LogP contribution >= 0.6 is 0 Å². The minimum Gasteiger partial charge on any atom is -0.497 e. The lowest BCUT2D eigenvalue weighted by Crippen LogP contribution is -2.34. The van der Waals surface area contributed by atoms with E-state index in [1.54, 1.807) is 13.2 Å². The van der Waals surface area contributed by atoms with Crippen LogP contribution < -0.4 is 10.1 Å². The zero-order valence-corrected chi connectivity index (χ0v) is 14.6. The number of hydrogen-bond donors (Lipinski definition) is 1. The van der Waals surface area contributed by atoms with Gasteiger partial charge in [0, 0.05) is 18.3 Å². The van der Waals surface area contributed by atoms with Crippen molar-refractivity contribution in [3.63, 3.8) is 0 Å². The highest BCUT2D eigenvalue weighted by Gasteiger charge is 2.30. The second-order valence-electron chi connectivity index (χ2n) is 6.49. The van der Waals surface area contributed by atoms with E-state index in [-0.39, 0.29) is 11.7 Å². The highest BCUT2D eigenvalue weighted by molar-refractivity contribution is 5.93. The second kappa shape index (κ2) is 7.66. The number of methoxy groups -OCH3 is 1. The first-order valence-corrected chi connectivity index (χ1v) is 8.48. The summed E-state index contributed by atoms with van der Waals surface area (Å²) < 4.78 is 18.6. The Kier molecular flexibility index (Phi) is 5.34. The Labute approximate surface area is 147 Å². The van der Waals surface area contributed by atoms with Crippen molar-refractivity contribution >= 4 is 11.6 Å². The van der Waals surface area contributed by atoms with Crippen molar-refractivity contribution in [2.75, 3.05) is 19.0 Å². The normalized spacial score (nSPS) is 13.8. The fourth-order valence-electron chi connectivity index (χ4n) is 2.82. The van der Waals surface area contributed by atoms with E-state index < -0.39 is 0 Å². The first kappa shape index (κ1) is 17.4.